The highest BCUT2D eigenvalue weighted by atomic mass is 32.2. The van der Waals surface area contributed by atoms with E-state index < -0.39 is 16.0 Å². The lowest BCUT2D eigenvalue weighted by molar-refractivity contribution is -0.137. The summed E-state index contributed by atoms with van der Waals surface area (Å²) in [7, 11) is -2.10. The third kappa shape index (κ3) is 5.75. The Kier molecular flexibility index (Phi) is 6.99. The molecule has 0 amide bonds. The van der Waals surface area contributed by atoms with Gasteiger partial charge in [-0.15, -0.1) is 0 Å². The molecular formula is C18H21NO6S. The molecule has 2 N–H and O–H groups in total. The Labute approximate surface area is 152 Å². The molecule has 0 spiro atoms. The van der Waals surface area contributed by atoms with E-state index in [2.05, 4.69) is 4.72 Å². The first-order valence-corrected chi connectivity index (χ1v) is 9.53. The number of hydrogen-bond donors (Lipinski definition) is 2. The number of benzene rings is 2. The fourth-order valence-corrected chi connectivity index (χ4v) is 3.28. The van der Waals surface area contributed by atoms with Crippen molar-refractivity contribution in [3.8, 4) is 17.2 Å². The minimum atomic E-state index is -3.64. The summed E-state index contributed by atoms with van der Waals surface area (Å²) in [6, 6.07) is 13.2. The van der Waals surface area contributed by atoms with Crippen LogP contribution in [0.3, 0.4) is 0 Å². The first-order valence-electron chi connectivity index (χ1n) is 8.05. The minimum absolute atomic E-state index is 0.0245. The zero-order valence-corrected chi connectivity index (χ0v) is 15.2. The Morgan fingerprint density at radius 1 is 1.04 bits per heavy atom. The molecule has 2 rings (SSSR count). The van der Waals surface area contributed by atoms with Crippen molar-refractivity contribution in [2.24, 2.45) is 0 Å². The smallest absolute Gasteiger partial charge is 0.303 e. The van der Waals surface area contributed by atoms with Crippen LogP contribution in [0.15, 0.2) is 53.4 Å². The topological polar surface area (TPSA) is 102 Å². The summed E-state index contributed by atoms with van der Waals surface area (Å²) in [6.45, 7) is 0.190. The van der Waals surface area contributed by atoms with Crippen molar-refractivity contribution in [2.45, 2.75) is 24.2 Å². The van der Waals surface area contributed by atoms with Crippen molar-refractivity contribution < 1.29 is 27.8 Å². The molecule has 26 heavy (non-hydrogen) atoms. The van der Waals surface area contributed by atoms with E-state index in [-0.39, 0.29) is 17.9 Å². The minimum Gasteiger partial charge on any atom is -0.493 e. The fourth-order valence-electron chi connectivity index (χ4n) is 2.21. The second-order valence-electron chi connectivity index (χ2n) is 5.47. The molecule has 0 aliphatic heterocycles. The molecule has 0 aliphatic rings. The van der Waals surface area contributed by atoms with E-state index in [0.717, 1.165) is 0 Å². The molecular weight excluding hydrogens is 358 g/mol. The summed E-state index contributed by atoms with van der Waals surface area (Å²) in [5, 5.41) is 8.56. The van der Waals surface area contributed by atoms with Crippen LogP contribution >= 0.6 is 0 Å². The highest BCUT2D eigenvalue weighted by Crippen LogP contribution is 2.31. The number of hydrogen-bond acceptors (Lipinski definition) is 5. The Morgan fingerprint density at radius 2 is 1.69 bits per heavy atom. The third-order valence-electron chi connectivity index (χ3n) is 3.54. The van der Waals surface area contributed by atoms with Crippen LogP contribution in [0.2, 0.25) is 0 Å². The van der Waals surface area contributed by atoms with Crippen molar-refractivity contribution in [1.29, 1.82) is 0 Å². The molecule has 0 unspecified atom stereocenters. The number of aliphatic carboxylic acids is 1. The van der Waals surface area contributed by atoms with Crippen LogP contribution in [0.4, 0.5) is 0 Å². The molecule has 0 radical (unpaired) electrons. The first-order chi connectivity index (χ1) is 12.4. The second-order valence-corrected chi connectivity index (χ2v) is 7.24. The van der Waals surface area contributed by atoms with Crippen LogP contribution < -0.4 is 14.2 Å². The zero-order chi connectivity index (χ0) is 19.0. The number of para-hydroxylation sites is 2. The van der Waals surface area contributed by atoms with E-state index in [4.69, 9.17) is 14.6 Å². The normalized spacial score (nSPS) is 11.1. The van der Waals surface area contributed by atoms with Gasteiger partial charge >= 0.3 is 5.97 Å². The lowest BCUT2D eigenvalue weighted by Gasteiger charge is -2.11. The summed E-state index contributed by atoms with van der Waals surface area (Å²) >= 11 is 0. The quantitative estimate of drug-likeness (QED) is 0.615. The number of unbranched alkanes of at least 4 members (excludes halogenated alkanes) is 1. The molecule has 0 saturated carbocycles. The molecule has 2 aromatic rings. The van der Waals surface area contributed by atoms with Gasteiger partial charge in [0.15, 0.2) is 11.5 Å². The number of carboxylic acid groups (broad SMARTS) is 1. The standard InChI is InChI=1S/C18H21NO6S/c1-24-16-6-2-3-7-17(16)25-14-9-11-15(12-10-14)26(22,23)19-13-5-4-8-18(20)21/h2-3,6-7,9-12,19H,4-5,8,13H2,1H3,(H,20,21). The highest BCUT2D eigenvalue weighted by molar-refractivity contribution is 7.89. The summed E-state index contributed by atoms with van der Waals surface area (Å²) < 4.78 is 37.8. The van der Waals surface area contributed by atoms with E-state index in [1.807, 2.05) is 12.1 Å². The van der Waals surface area contributed by atoms with E-state index in [0.29, 0.717) is 30.1 Å². The van der Waals surface area contributed by atoms with E-state index >= 15 is 0 Å². The van der Waals surface area contributed by atoms with E-state index in [9.17, 15) is 13.2 Å². The number of carboxylic acids is 1. The number of rotatable bonds is 10. The molecule has 8 heteroatoms. The molecule has 7 nitrogen and oxygen atoms in total. The van der Waals surface area contributed by atoms with Gasteiger partial charge in [0.25, 0.3) is 0 Å². The Balaban J connectivity index is 1.96. The summed E-state index contributed by atoms with van der Waals surface area (Å²) in [6.07, 6.45) is 0.904. The van der Waals surface area contributed by atoms with Crippen LogP contribution in [-0.2, 0) is 14.8 Å². The number of carbonyl (C=O) groups is 1. The van der Waals surface area contributed by atoms with Crippen LogP contribution in [0.1, 0.15) is 19.3 Å². The molecule has 0 fully saturated rings. The summed E-state index contributed by atoms with van der Waals surface area (Å²) in [5.41, 5.74) is 0. The maximum atomic E-state index is 12.2. The molecule has 0 bridgehead atoms. The van der Waals surface area contributed by atoms with Crippen LogP contribution in [0.5, 0.6) is 17.2 Å². The van der Waals surface area contributed by atoms with Crippen molar-refractivity contribution in [3.05, 3.63) is 48.5 Å². The third-order valence-corrected chi connectivity index (χ3v) is 5.02. The van der Waals surface area contributed by atoms with Gasteiger partial charge in [0.1, 0.15) is 5.75 Å². The molecule has 140 valence electrons. The van der Waals surface area contributed by atoms with Gasteiger partial charge in [-0.1, -0.05) is 12.1 Å². The average molecular weight is 379 g/mol. The maximum Gasteiger partial charge on any atom is 0.303 e. The molecule has 0 aliphatic carbocycles. The SMILES string of the molecule is COc1ccccc1Oc1ccc(S(=O)(=O)NCCCCC(=O)O)cc1. The van der Waals surface area contributed by atoms with Crippen LogP contribution in [0, 0.1) is 0 Å². The maximum absolute atomic E-state index is 12.2. The monoisotopic (exact) mass is 379 g/mol. The molecule has 0 heterocycles. The van der Waals surface area contributed by atoms with Gasteiger partial charge in [0, 0.05) is 13.0 Å². The largest absolute Gasteiger partial charge is 0.493 e. The number of sulfonamides is 1. The van der Waals surface area contributed by atoms with Gasteiger partial charge < -0.3 is 14.6 Å². The van der Waals surface area contributed by atoms with Gasteiger partial charge in [-0.05, 0) is 49.2 Å². The van der Waals surface area contributed by atoms with E-state index in [1.165, 1.54) is 12.1 Å². The fraction of sp³-hybridized carbons (Fsp3) is 0.278. The van der Waals surface area contributed by atoms with Gasteiger partial charge in [-0.25, -0.2) is 13.1 Å². The second kappa shape index (κ2) is 9.21. The predicted octanol–water partition coefficient (Wildman–Crippen LogP) is 3.02. The summed E-state index contributed by atoms with van der Waals surface area (Å²) in [4.78, 5) is 10.5. The lowest BCUT2D eigenvalue weighted by Crippen LogP contribution is -2.24. The molecule has 0 aromatic heterocycles. The lowest BCUT2D eigenvalue weighted by atomic mass is 10.2. The van der Waals surface area contributed by atoms with Gasteiger partial charge in [-0.2, -0.15) is 0 Å². The van der Waals surface area contributed by atoms with Crippen LogP contribution in [-0.4, -0.2) is 33.1 Å². The van der Waals surface area contributed by atoms with Gasteiger partial charge in [0.05, 0.1) is 12.0 Å². The van der Waals surface area contributed by atoms with E-state index in [1.54, 1.807) is 31.4 Å². The number of methoxy groups -OCH3 is 1. The van der Waals surface area contributed by atoms with Crippen molar-refractivity contribution >= 4 is 16.0 Å². The Bertz CT molecular complexity index is 833. The molecule has 0 saturated heterocycles. The zero-order valence-electron chi connectivity index (χ0n) is 14.3. The Morgan fingerprint density at radius 3 is 2.31 bits per heavy atom. The first kappa shape index (κ1) is 19.7. The average Bonchev–Trinajstić information content (AvgIpc) is 2.62. The van der Waals surface area contributed by atoms with Crippen LogP contribution in [0.25, 0.3) is 0 Å². The van der Waals surface area contributed by atoms with Crippen molar-refractivity contribution in [2.75, 3.05) is 13.7 Å². The summed E-state index contributed by atoms with van der Waals surface area (Å²) in [5.74, 6) is 0.697. The predicted molar refractivity (Wildman–Crippen MR) is 96.2 cm³/mol. The van der Waals surface area contributed by atoms with Gasteiger partial charge in [0.2, 0.25) is 10.0 Å². The Hall–Kier alpha value is -2.58. The molecule has 0 atom stereocenters. The molecule has 2 aromatic carbocycles. The van der Waals surface area contributed by atoms with Gasteiger partial charge in [-0.3, -0.25) is 4.79 Å². The number of nitrogens with one attached hydrogen (secondary N) is 1. The number of ether oxygens (including phenoxy) is 2. The van der Waals surface area contributed by atoms with Crippen molar-refractivity contribution in [1.82, 2.24) is 4.72 Å². The highest BCUT2D eigenvalue weighted by Gasteiger charge is 2.14. The van der Waals surface area contributed by atoms with Crippen molar-refractivity contribution in [3.63, 3.8) is 0 Å².